The first kappa shape index (κ1) is 18.3. The fraction of sp³-hybridized carbons (Fsp3) is 0.312. The predicted octanol–water partition coefficient (Wildman–Crippen LogP) is 3.52. The van der Waals surface area contributed by atoms with Crippen molar-refractivity contribution < 1.29 is 4.79 Å². The minimum absolute atomic E-state index is 0.0549. The number of hydrogen-bond acceptors (Lipinski definition) is 4. The van der Waals surface area contributed by atoms with E-state index >= 15 is 0 Å². The summed E-state index contributed by atoms with van der Waals surface area (Å²) in [5.74, 6) is 0.143. The maximum atomic E-state index is 12.2. The van der Waals surface area contributed by atoms with Crippen LogP contribution in [0.1, 0.15) is 16.8 Å². The highest BCUT2D eigenvalue weighted by atomic mass is 35.5. The van der Waals surface area contributed by atoms with E-state index in [0.717, 1.165) is 0 Å². The predicted molar refractivity (Wildman–Crippen MR) is 91.1 cm³/mol. The SMILES string of the molecule is C=CCN(CC=C)C(=O)CSc1nc(C)c(Cl)c(C)c1C#N. The molecule has 116 valence electrons. The van der Waals surface area contributed by atoms with E-state index < -0.39 is 0 Å². The number of thioether (sulfide) groups is 1. The Kier molecular flexibility index (Phi) is 7.16. The third-order valence-corrected chi connectivity index (χ3v) is 4.52. The van der Waals surface area contributed by atoms with E-state index in [1.807, 2.05) is 0 Å². The Labute approximate surface area is 140 Å². The van der Waals surface area contributed by atoms with E-state index in [1.165, 1.54) is 11.8 Å². The number of nitriles is 1. The zero-order chi connectivity index (χ0) is 16.7. The smallest absolute Gasteiger partial charge is 0.233 e. The molecule has 1 heterocycles. The minimum atomic E-state index is -0.0549. The zero-order valence-electron chi connectivity index (χ0n) is 12.7. The fourth-order valence-corrected chi connectivity index (χ4v) is 2.97. The Morgan fingerprint density at radius 3 is 2.50 bits per heavy atom. The maximum Gasteiger partial charge on any atom is 0.233 e. The number of carbonyl (C=O) groups is 1. The number of hydrogen-bond donors (Lipinski definition) is 0. The molecule has 0 saturated heterocycles. The lowest BCUT2D eigenvalue weighted by molar-refractivity contribution is -0.127. The number of rotatable bonds is 7. The zero-order valence-corrected chi connectivity index (χ0v) is 14.3. The van der Waals surface area contributed by atoms with Crippen molar-refractivity contribution in [3.8, 4) is 6.07 Å². The Morgan fingerprint density at radius 1 is 1.41 bits per heavy atom. The Hall–Kier alpha value is -1.77. The van der Waals surface area contributed by atoms with Crippen molar-refractivity contribution in [1.29, 1.82) is 5.26 Å². The standard InChI is InChI=1S/C16H18ClN3OS/c1-5-7-20(8-6-2)14(21)10-22-16-13(9-18)11(3)15(17)12(4)19-16/h5-6H,1-2,7-8,10H2,3-4H3. The Bertz CT molecular complexity index is 627. The van der Waals surface area contributed by atoms with Gasteiger partial charge in [-0.2, -0.15) is 5.26 Å². The van der Waals surface area contributed by atoms with Crippen LogP contribution in [0.2, 0.25) is 5.02 Å². The van der Waals surface area contributed by atoms with Crippen LogP contribution in [-0.4, -0.2) is 34.6 Å². The molecule has 1 rings (SSSR count). The van der Waals surface area contributed by atoms with Crippen molar-refractivity contribution in [3.63, 3.8) is 0 Å². The summed E-state index contributed by atoms with van der Waals surface area (Å²) in [5, 5.41) is 10.3. The quantitative estimate of drug-likeness (QED) is 0.565. The van der Waals surface area contributed by atoms with Gasteiger partial charge in [-0.1, -0.05) is 35.5 Å². The fourth-order valence-electron chi connectivity index (χ4n) is 1.85. The number of aryl methyl sites for hydroxylation is 1. The summed E-state index contributed by atoms with van der Waals surface area (Å²) in [5.41, 5.74) is 1.77. The second kappa shape index (κ2) is 8.62. The molecule has 22 heavy (non-hydrogen) atoms. The molecule has 0 atom stereocenters. The average Bonchev–Trinajstić information content (AvgIpc) is 2.50. The lowest BCUT2D eigenvalue weighted by Gasteiger charge is -2.19. The van der Waals surface area contributed by atoms with E-state index in [9.17, 15) is 10.1 Å². The number of carbonyl (C=O) groups excluding carboxylic acids is 1. The van der Waals surface area contributed by atoms with Gasteiger partial charge in [0.25, 0.3) is 0 Å². The Balaban J connectivity index is 2.92. The molecule has 6 heteroatoms. The molecule has 4 nitrogen and oxygen atoms in total. The number of amides is 1. The normalized spacial score (nSPS) is 9.91. The molecule has 1 aromatic rings. The molecule has 0 aliphatic heterocycles. The van der Waals surface area contributed by atoms with E-state index in [-0.39, 0.29) is 11.7 Å². The second-order valence-corrected chi connectivity index (χ2v) is 5.93. The van der Waals surface area contributed by atoms with Gasteiger partial charge in [0.15, 0.2) is 0 Å². The van der Waals surface area contributed by atoms with Crippen molar-refractivity contribution in [2.75, 3.05) is 18.8 Å². The van der Waals surface area contributed by atoms with Gasteiger partial charge < -0.3 is 4.90 Å². The van der Waals surface area contributed by atoms with Gasteiger partial charge in [0.1, 0.15) is 11.1 Å². The van der Waals surface area contributed by atoms with E-state index in [2.05, 4.69) is 24.2 Å². The first-order valence-corrected chi connectivity index (χ1v) is 8.01. The molecule has 0 saturated carbocycles. The molecule has 0 aromatic carbocycles. The van der Waals surface area contributed by atoms with Gasteiger partial charge in [-0.3, -0.25) is 4.79 Å². The summed E-state index contributed by atoms with van der Waals surface area (Å²) in [7, 11) is 0. The van der Waals surface area contributed by atoms with Crippen LogP contribution in [-0.2, 0) is 4.79 Å². The van der Waals surface area contributed by atoms with Crippen LogP contribution in [0.4, 0.5) is 0 Å². The molecular formula is C16H18ClN3OS. The summed E-state index contributed by atoms with van der Waals surface area (Å²) < 4.78 is 0. The molecule has 0 aliphatic rings. The van der Waals surface area contributed by atoms with Gasteiger partial charge in [0.2, 0.25) is 5.91 Å². The molecule has 0 N–H and O–H groups in total. The molecule has 1 amide bonds. The van der Waals surface area contributed by atoms with Crippen LogP contribution in [0.3, 0.4) is 0 Å². The summed E-state index contributed by atoms with van der Waals surface area (Å²) in [6.07, 6.45) is 3.34. The third-order valence-electron chi connectivity index (χ3n) is 3.00. The van der Waals surface area contributed by atoms with Crippen LogP contribution in [0, 0.1) is 25.2 Å². The third kappa shape index (κ3) is 4.36. The van der Waals surface area contributed by atoms with Gasteiger partial charge in [0, 0.05) is 13.1 Å². The van der Waals surface area contributed by atoms with E-state index in [1.54, 1.807) is 30.9 Å². The lowest BCUT2D eigenvalue weighted by Crippen LogP contribution is -2.32. The highest BCUT2D eigenvalue weighted by Gasteiger charge is 2.17. The number of aromatic nitrogens is 1. The first-order chi connectivity index (χ1) is 10.5. The summed E-state index contributed by atoms with van der Waals surface area (Å²) in [6, 6.07) is 2.11. The van der Waals surface area contributed by atoms with Gasteiger partial charge >= 0.3 is 0 Å². The maximum absolute atomic E-state index is 12.2. The molecular weight excluding hydrogens is 318 g/mol. The highest BCUT2D eigenvalue weighted by Crippen LogP contribution is 2.29. The van der Waals surface area contributed by atoms with Gasteiger partial charge in [-0.05, 0) is 19.4 Å². The lowest BCUT2D eigenvalue weighted by atomic mass is 10.1. The average molecular weight is 336 g/mol. The number of halogens is 1. The van der Waals surface area contributed by atoms with Gasteiger partial charge in [0.05, 0.1) is 22.0 Å². The van der Waals surface area contributed by atoms with Crippen LogP contribution in [0.15, 0.2) is 30.3 Å². The minimum Gasteiger partial charge on any atom is -0.335 e. The molecule has 1 aromatic heterocycles. The monoisotopic (exact) mass is 335 g/mol. The van der Waals surface area contributed by atoms with Crippen LogP contribution >= 0.6 is 23.4 Å². The van der Waals surface area contributed by atoms with Crippen LogP contribution in [0.5, 0.6) is 0 Å². The largest absolute Gasteiger partial charge is 0.335 e. The molecule has 0 fully saturated rings. The molecule has 0 aliphatic carbocycles. The van der Waals surface area contributed by atoms with Crippen molar-refractivity contribution >= 4 is 29.3 Å². The Morgan fingerprint density at radius 2 is 2.00 bits per heavy atom. The molecule has 0 radical (unpaired) electrons. The molecule has 0 bridgehead atoms. The summed E-state index contributed by atoms with van der Waals surface area (Å²) in [4.78, 5) is 18.2. The second-order valence-electron chi connectivity index (χ2n) is 4.59. The number of nitrogens with zero attached hydrogens (tertiary/aromatic N) is 3. The van der Waals surface area contributed by atoms with Crippen LogP contribution < -0.4 is 0 Å². The van der Waals surface area contributed by atoms with Gasteiger partial charge in [-0.15, -0.1) is 13.2 Å². The van der Waals surface area contributed by atoms with Crippen molar-refractivity contribution in [2.45, 2.75) is 18.9 Å². The summed E-state index contributed by atoms with van der Waals surface area (Å²) in [6.45, 7) is 11.8. The first-order valence-electron chi connectivity index (χ1n) is 6.65. The van der Waals surface area contributed by atoms with Crippen LogP contribution in [0.25, 0.3) is 0 Å². The number of pyridine rings is 1. The van der Waals surface area contributed by atoms with Crippen molar-refractivity contribution in [1.82, 2.24) is 9.88 Å². The van der Waals surface area contributed by atoms with Crippen molar-refractivity contribution in [3.05, 3.63) is 47.2 Å². The van der Waals surface area contributed by atoms with Gasteiger partial charge in [-0.25, -0.2) is 4.98 Å². The summed E-state index contributed by atoms with van der Waals surface area (Å²) >= 11 is 7.35. The highest BCUT2D eigenvalue weighted by molar-refractivity contribution is 8.00. The van der Waals surface area contributed by atoms with E-state index in [4.69, 9.17) is 11.6 Å². The van der Waals surface area contributed by atoms with E-state index in [0.29, 0.717) is 40.0 Å². The molecule has 0 spiro atoms. The van der Waals surface area contributed by atoms with Crippen molar-refractivity contribution in [2.24, 2.45) is 0 Å². The topological polar surface area (TPSA) is 57.0 Å². The molecule has 0 unspecified atom stereocenters.